The Hall–Kier alpha value is -0.890. The van der Waals surface area contributed by atoms with Gasteiger partial charge in [0.15, 0.2) is 6.29 Å². The lowest BCUT2D eigenvalue weighted by Crippen LogP contribution is -1.72. The highest BCUT2D eigenvalue weighted by atomic mass is 79.9. The number of hydrogen-bond acceptors (Lipinski definition) is 1. The summed E-state index contributed by atoms with van der Waals surface area (Å²) in [5.74, 6) is 0. The number of allylic oxidation sites excluding steroid dienone is 1. The first-order chi connectivity index (χ1) is 6.33. The number of carbonyl (C=O) groups excluding carboxylic acids is 1. The van der Waals surface area contributed by atoms with E-state index in [-0.39, 0.29) is 0 Å². The van der Waals surface area contributed by atoms with Gasteiger partial charge in [0.05, 0.1) is 0 Å². The van der Waals surface area contributed by atoms with E-state index >= 15 is 0 Å². The van der Waals surface area contributed by atoms with Crippen molar-refractivity contribution in [1.29, 1.82) is 0 Å². The van der Waals surface area contributed by atoms with Crippen molar-refractivity contribution in [3.8, 4) is 0 Å². The standard InChI is InChI=1S/C11H10BrO/c12-11-7-5-10(6-8-11)4-2-1-3-9-13/h2,4-8H,1,3H2. The maximum Gasteiger partial charge on any atom is 0.198 e. The number of hydrogen-bond donors (Lipinski definition) is 0. The highest BCUT2D eigenvalue weighted by Gasteiger charge is 1.86. The first-order valence-corrected chi connectivity index (χ1v) is 4.89. The quantitative estimate of drug-likeness (QED) is 0.735. The van der Waals surface area contributed by atoms with E-state index < -0.39 is 0 Å². The van der Waals surface area contributed by atoms with Crippen molar-refractivity contribution >= 4 is 28.3 Å². The Morgan fingerprint density at radius 1 is 1.31 bits per heavy atom. The first-order valence-electron chi connectivity index (χ1n) is 4.10. The largest absolute Gasteiger partial charge is 0.291 e. The summed E-state index contributed by atoms with van der Waals surface area (Å²) in [4.78, 5) is 9.90. The Labute approximate surface area is 86.6 Å². The van der Waals surface area contributed by atoms with Crippen LogP contribution in [0, 0.1) is 0 Å². The zero-order chi connectivity index (χ0) is 9.52. The summed E-state index contributed by atoms with van der Waals surface area (Å²) >= 11 is 3.36. The van der Waals surface area contributed by atoms with Crippen LogP contribution in [-0.2, 0) is 4.79 Å². The Balaban J connectivity index is 2.49. The number of unbranched alkanes of at least 4 members (excludes halogenated alkanes) is 1. The van der Waals surface area contributed by atoms with E-state index in [1.165, 1.54) is 0 Å². The summed E-state index contributed by atoms with van der Waals surface area (Å²) < 4.78 is 1.07. The molecule has 0 unspecified atom stereocenters. The molecule has 0 amide bonds. The number of halogens is 1. The summed E-state index contributed by atoms with van der Waals surface area (Å²) in [6, 6.07) is 8.02. The van der Waals surface area contributed by atoms with Gasteiger partial charge in [-0.1, -0.05) is 40.2 Å². The molecular formula is C11H10BrO. The van der Waals surface area contributed by atoms with Crippen LogP contribution in [-0.4, -0.2) is 6.29 Å². The zero-order valence-electron chi connectivity index (χ0n) is 7.16. The summed E-state index contributed by atoms with van der Waals surface area (Å²) in [5, 5.41) is 0. The minimum atomic E-state index is 0.479. The second-order valence-corrected chi connectivity index (χ2v) is 3.55. The van der Waals surface area contributed by atoms with Gasteiger partial charge < -0.3 is 0 Å². The molecule has 0 heterocycles. The van der Waals surface area contributed by atoms with Crippen LogP contribution in [0.1, 0.15) is 18.4 Å². The van der Waals surface area contributed by atoms with E-state index in [0.717, 1.165) is 16.5 Å². The van der Waals surface area contributed by atoms with E-state index in [1.807, 2.05) is 42.7 Å². The van der Waals surface area contributed by atoms with E-state index in [0.29, 0.717) is 6.42 Å². The van der Waals surface area contributed by atoms with Crippen molar-refractivity contribution < 1.29 is 4.79 Å². The van der Waals surface area contributed by atoms with Gasteiger partial charge in [-0.2, -0.15) is 0 Å². The van der Waals surface area contributed by atoms with Crippen LogP contribution >= 0.6 is 15.9 Å². The molecule has 1 radical (unpaired) electrons. The lowest BCUT2D eigenvalue weighted by molar-refractivity contribution is 0.552. The molecule has 0 aromatic heterocycles. The predicted molar refractivity (Wildman–Crippen MR) is 58.1 cm³/mol. The molecule has 0 N–H and O–H groups in total. The highest BCUT2D eigenvalue weighted by Crippen LogP contribution is 2.11. The van der Waals surface area contributed by atoms with E-state index in [9.17, 15) is 4.79 Å². The van der Waals surface area contributed by atoms with Gasteiger partial charge in [-0.15, -0.1) is 0 Å². The molecule has 0 aliphatic heterocycles. The Morgan fingerprint density at radius 2 is 2.00 bits per heavy atom. The molecule has 0 bridgehead atoms. The lowest BCUT2D eigenvalue weighted by atomic mass is 10.2. The predicted octanol–water partition coefficient (Wildman–Crippen LogP) is 3.35. The molecule has 1 rings (SSSR count). The Kier molecular flexibility index (Phi) is 4.47. The minimum Gasteiger partial charge on any atom is -0.291 e. The molecule has 13 heavy (non-hydrogen) atoms. The molecule has 1 aromatic rings. The highest BCUT2D eigenvalue weighted by molar-refractivity contribution is 9.10. The average molecular weight is 238 g/mol. The summed E-state index contributed by atoms with van der Waals surface area (Å²) in [5.41, 5.74) is 1.15. The first kappa shape index (κ1) is 10.2. The smallest absolute Gasteiger partial charge is 0.198 e. The van der Waals surface area contributed by atoms with Gasteiger partial charge in [-0.3, -0.25) is 4.79 Å². The maximum absolute atomic E-state index is 9.90. The third-order valence-electron chi connectivity index (χ3n) is 1.59. The van der Waals surface area contributed by atoms with Crippen molar-refractivity contribution in [3.05, 3.63) is 40.4 Å². The summed E-state index contributed by atoms with van der Waals surface area (Å²) in [6.07, 6.45) is 7.08. The van der Waals surface area contributed by atoms with Crippen molar-refractivity contribution in [2.75, 3.05) is 0 Å². The SMILES string of the molecule is O=[C]CCC=Cc1ccc(Br)cc1. The van der Waals surface area contributed by atoms with Crippen molar-refractivity contribution in [1.82, 2.24) is 0 Å². The van der Waals surface area contributed by atoms with Gasteiger partial charge in [0.2, 0.25) is 0 Å². The molecule has 0 aliphatic carbocycles. The molecule has 0 saturated carbocycles. The van der Waals surface area contributed by atoms with Gasteiger partial charge in [-0.25, -0.2) is 0 Å². The fraction of sp³-hybridized carbons (Fsp3) is 0.182. The topological polar surface area (TPSA) is 17.1 Å². The molecule has 0 saturated heterocycles. The average Bonchev–Trinajstić information content (AvgIpc) is 2.15. The molecule has 67 valence electrons. The summed E-state index contributed by atoms with van der Waals surface area (Å²) in [6.45, 7) is 0. The van der Waals surface area contributed by atoms with E-state index in [4.69, 9.17) is 0 Å². The molecule has 0 spiro atoms. The van der Waals surface area contributed by atoms with Crippen molar-refractivity contribution in [2.24, 2.45) is 0 Å². The van der Waals surface area contributed by atoms with Crippen molar-refractivity contribution in [2.45, 2.75) is 12.8 Å². The van der Waals surface area contributed by atoms with Gasteiger partial charge in [-0.05, 0) is 24.1 Å². The van der Waals surface area contributed by atoms with E-state index in [2.05, 4.69) is 15.9 Å². The number of benzene rings is 1. The molecule has 0 aliphatic rings. The third kappa shape index (κ3) is 4.04. The zero-order valence-corrected chi connectivity index (χ0v) is 8.75. The fourth-order valence-corrected chi connectivity index (χ4v) is 1.20. The fourth-order valence-electron chi connectivity index (χ4n) is 0.936. The molecule has 1 nitrogen and oxygen atoms in total. The van der Waals surface area contributed by atoms with Crippen molar-refractivity contribution in [3.63, 3.8) is 0 Å². The van der Waals surface area contributed by atoms with Crippen LogP contribution in [0.15, 0.2) is 34.8 Å². The summed E-state index contributed by atoms with van der Waals surface area (Å²) in [7, 11) is 0. The third-order valence-corrected chi connectivity index (χ3v) is 2.12. The second-order valence-electron chi connectivity index (χ2n) is 2.64. The van der Waals surface area contributed by atoms with Gasteiger partial charge in [0, 0.05) is 10.9 Å². The van der Waals surface area contributed by atoms with E-state index in [1.54, 1.807) is 0 Å². The monoisotopic (exact) mass is 237 g/mol. The van der Waals surface area contributed by atoms with Gasteiger partial charge >= 0.3 is 0 Å². The normalized spacial score (nSPS) is 10.5. The molecule has 0 fully saturated rings. The molecule has 0 atom stereocenters. The number of rotatable bonds is 4. The van der Waals surface area contributed by atoms with Crippen LogP contribution in [0.5, 0.6) is 0 Å². The van der Waals surface area contributed by atoms with Crippen LogP contribution in [0.2, 0.25) is 0 Å². The van der Waals surface area contributed by atoms with Gasteiger partial charge in [0.1, 0.15) is 0 Å². The molecule has 1 aromatic carbocycles. The van der Waals surface area contributed by atoms with Crippen LogP contribution in [0.4, 0.5) is 0 Å². The lowest BCUT2D eigenvalue weighted by Gasteiger charge is -1.92. The van der Waals surface area contributed by atoms with Crippen LogP contribution in [0.25, 0.3) is 6.08 Å². The van der Waals surface area contributed by atoms with Crippen LogP contribution < -0.4 is 0 Å². The molecule has 2 heteroatoms. The minimum absolute atomic E-state index is 0.479. The molecular weight excluding hydrogens is 228 g/mol. The van der Waals surface area contributed by atoms with Crippen LogP contribution in [0.3, 0.4) is 0 Å². The second kappa shape index (κ2) is 5.70. The Morgan fingerprint density at radius 3 is 2.62 bits per heavy atom. The van der Waals surface area contributed by atoms with Gasteiger partial charge in [0.25, 0.3) is 0 Å². The maximum atomic E-state index is 9.90. The Bertz CT molecular complexity index is 287.